The minimum atomic E-state index is -0.449. The lowest BCUT2D eigenvalue weighted by Gasteiger charge is -2.15. The zero-order chi connectivity index (χ0) is 18.7. The van der Waals surface area contributed by atoms with Gasteiger partial charge in [-0.2, -0.15) is 0 Å². The molecule has 1 atom stereocenters. The number of anilines is 1. The predicted molar refractivity (Wildman–Crippen MR) is 105 cm³/mol. The van der Waals surface area contributed by atoms with E-state index in [4.69, 9.17) is 0 Å². The number of nitrogens with one attached hydrogen (secondary N) is 1. The van der Waals surface area contributed by atoms with Crippen LogP contribution < -0.4 is 5.32 Å². The molecule has 1 amide bonds. The van der Waals surface area contributed by atoms with Gasteiger partial charge in [-0.3, -0.25) is 4.79 Å². The van der Waals surface area contributed by atoms with Crippen LogP contribution in [0.25, 0.3) is 11.1 Å². The minimum absolute atomic E-state index is 0.149. The third-order valence-corrected chi connectivity index (χ3v) is 4.61. The van der Waals surface area contributed by atoms with Gasteiger partial charge in [0, 0.05) is 11.3 Å². The fourth-order valence-electron chi connectivity index (χ4n) is 3.00. The number of carbonyl (C=O) groups is 1. The molecule has 0 aliphatic carbocycles. The number of rotatable bonds is 4. The third-order valence-electron chi connectivity index (χ3n) is 4.61. The summed E-state index contributed by atoms with van der Waals surface area (Å²) in [6.07, 6.45) is 0. The molecule has 0 radical (unpaired) electrons. The van der Waals surface area contributed by atoms with Gasteiger partial charge >= 0.3 is 0 Å². The van der Waals surface area contributed by atoms with E-state index in [1.807, 2.05) is 68.4 Å². The lowest BCUT2D eigenvalue weighted by molar-refractivity contribution is -0.117. The summed E-state index contributed by atoms with van der Waals surface area (Å²) in [7, 11) is 0. The molecule has 1 N–H and O–H groups in total. The van der Waals surface area contributed by atoms with Crippen LogP contribution in [-0.2, 0) is 4.79 Å². The number of hydrogen-bond donors (Lipinski definition) is 1. The molecule has 3 heteroatoms. The van der Waals surface area contributed by atoms with Gasteiger partial charge in [0.2, 0.25) is 5.91 Å². The largest absolute Gasteiger partial charge is 0.325 e. The van der Waals surface area contributed by atoms with Crippen molar-refractivity contribution in [1.29, 1.82) is 0 Å². The Bertz CT molecular complexity index is 934. The molecular formula is C23H22FNO. The first kappa shape index (κ1) is 17.9. The summed E-state index contributed by atoms with van der Waals surface area (Å²) in [4.78, 5) is 12.6. The highest BCUT2D eigenvalue weighted by Crippen LogP contribution is 2.27. The van der Waals surface area contributed by atoms with Gasteiger partial charge in [-0.05, 0) is 49.6 Å². The average molecular weight is 347 g/mol. The number of halogens is 1. The van der Waals surface area contributed by atoms with Crippen molar-refractivity contribution in [3.63, 3.8) is 0 Å². The van der Waals surface area contributed by atoms with Crippen LogP contribution in [0.2, 0.25) is 0 Å². The Morgan fingerprint density at radius 1 is 0.962 bits per heavy atom. The van der Waals surface area contributed by atoms with Crippen LogP contribution in [0.3, 0.4) is 0 Å². The Balaban J connectivity index is 1.80. The second-order valence-electron chi connectivity index (χ2n) is 6.63. The van der Waals surface area contributed by atoms with Crippen molar-refractivity contribution in [2.45, 2.75) is 26.7 Å². The number of hydrogen-bond acceptors (Lipinski definition) is 1. The molecule has 0 unspecified atom stereocenters. The Kier molecular flexibility index (Phi) is 5.17. The van der Waals surface area contributed by atoms with Gasteiger partial charge < -0.3 is 5.32 Å². The molecule has 132 valence electrons. The van der Waals surface area contributed by atoms with Crippen molar-refractivity contribution >= 4 is 11.6 Å². The summed E-state index contributed by atoms with van der Waals surface area (Å²) < 4.78 is 14.6. The van der Waals surface area contributed by atoms with Gasteiger partial charge in [0.05, 0.1) is 5.92 Å². The quantitative estimate of drug-likeness (QED) is 0.630. The number of amides is 1. The van der Waals surface area contributed by atoms with Crippen molar-refractivity contribution in [2.24, 2.45) is 0 Å². The highest BCUT2D eigenvalue weighted by Gasteiger charge is 2.18. The van der Waals surface area contributed by atoms with E-state index in [2.05, 4.69) is 5.32 Å². The molecule has 3 aromatic carbocycles. The van der Waals surface area contributed by atoms with Crippen molar-refractivity contribution in [2.75, 3.05) is 5.32 Å². The first-order valence-electron chi connectivity index (χ1n) is 8.68. The molecule has 0 heterocycles. The maximum Gasteiger partial charge on any atom is 0.231 e. The molecule has 0 aliphatic rings. The molecule has 0 saturated heterocycles. The van der Waals surface area contributed by atoms with Crippen LogP contribution in [0, 0.1) is 19.7 Å². The lowest BCUT2D eigenvalue weighted by atomic mass is 9.96. The van der Waals surface area contributed by atoms with E-state index in [9.17, 15) is 9.18 Å². The van der Waals surface area contributed by atoms with Crippen LogP contribution >= 0.6 is 0 Å². The van der Waals surface area contributed by atoms with E-state index in [-0.39, 0.29) is 11.7 Å². The normalized spacial score (nSPS) is 11.8. The standard InChI is InChI=1S/C23H22FNO/c1-15-9-12-22(16(2)13-15)25-23(26)17(3)19-10-11-20(21(24)14-19)18-7-5-4-6-8-18/h4-14,17H,1-3H3,(H,25,26)/t17-/m1/s1. The summed E-state index contributed by atoms with van der Waals surface area (Å²) >= 11 is 0. The van der Waals surface area contributed by atoms with E-state index < -0.39 is 5.92 Å². The molecule has 26 heavy (non-hydrogen) atoms. The van der Waals surface area contributed by atoms with Crippen LogP contribution in [0.4, 0.5) is 10.1 Å². The van der Waals surface area contributed by atoms with Crippen molar-refractivity contribution in [3.8, 4) is 11.1 Å². The van der Waals surface area contributed by atoms with Gasteiger partial charge in [0.25, 0.3) is 0 Å². The van der Waals surface area contributed by atoms with Crippen LogP contribution in [0.15, 0.2) is 66.7 Å². The van der Waals surface area contributed by atoms with Gasteiger partial charge in [-0.1, -0.05) is 60.2 Å². The van der Waals surface area contributed by atoms with E-state index in [1.54, 1.807) is 13.0 Å². The molecule has 0 bridgehead atoms. The molecular weight excluding hydrogens is 325 g/mol. The SMILES string of the molecule is Cc1ccc(NC(=O)[C@H](C)c2ccc(-c3ccccc3)c(F)c2)c(C)c1. The maximum absolute atomic E-state index is 14.6. The van der Waals surface area contributed by atoms with Gasteiger partial charge in [-0.15, -0.1) is 0 Å². The van der Waals surface area contributed by atoms with E-state index >= 15 is 0 Å². The summed E-state index contributed by atoms with van der Waals surface area (Å²) in [5, 5.41) is 2.94. The predicted octanol–water partition coefficient (Wildman–Crippen LogP) is 5.85. The fraction of sp³-hybridized carbons (Fsp3) is 0.174. The van der Waals surface area contributed by atoms with Gasteiger partial charge in [0.15, 0.2) is 0 Å². The second kappa shape index (κ2) is 7.52. The van der Waals surface area contributed by atoms with Crippen LogP contribution in [-0.4, -0.2) is 5.91 Å². The zero-order valence-corrected chi connectivity index (χ0v) is 15.2. The van der Waals surface area contributed by atoms with E-state index in [0.717, 1.165) is 22.4 Å². The summed E-state index contributed by atoms with van der Waals surface area (Å²) in [6, 6.07) is 20.3. The fourth-order valence-corrected chi connectivity index (χ4v) is 3.00. The minimum Gasteiger partial charge on any atom is -0.325 e. The molecule has 3 rings (SSSR count). The molecule has 0 spiro atoms. The summed E-state index contributed by atoms with van der Waals surface area (Å²) in [5.41, 5.74) is 4.96. The van der Waals surface area contributed by atoms with Gasteiger partial charge in [0.1, 0.15) is 5.82 Å². The Labute approximate surface area is 153 Å². The Morgan fingerprint density at radius 2 is 1.69 bits per heavy atom. The summed E-state index contributed by atoms with van der Waals surface area (Å²) in [5.74, 6) is -0.918. The third kappa shape index (κ3) is 3.83. The first-order chi connectivity index (χ1) is 12.5. The van der Waals surface area contributed by atoms with E-state index in [1.165, 1.54) is 6.07 Å². The Morgan fingerprint density at radius 3 is 2.35 bits per heavy atom. The highest BCUT2D eigenvalue weighted by molar-refractivity contribution is 5.96. The number of benzene rings is 3. The average Bonchev–Trinajstić information content (AvgIpc) is 2.64. The first-order valence-corrected chi connectivity index (χ1v) is 8.68. The topological polar surface area (TPSA) is 29.1 Å². The monoisotopic (exact) mass is 347 g/mol. The number of aryl methyl sites for hydroxylation is 2. The van der Waals surface area contributed by atoms with Crippen molar-refractivity contribution in [1.82, 2.24) is 0 Å². The van der Waals surface area contributed by atoms with Gasteiger partial charge in [-0.25, -0.2) is 4.39 Å². The van der Waals surface area contributed by atoms with Crippen molar-refractivity contribution in [3.05, 3.63) is 89.2 Å². The highest BCUT2D eigenvalue weighted by atomic mass is 19.1. The molecule has 2 nitrogen and oxygen atoms in total. The molecule has 0 fully saturated rings. The molecule has 0 aromatic heterocycles. The zero-order valence-electron chi connectivity index (χ0n) is 15.2. The van der Waals surface area contributed by atoms with Crippen LogP contribution in [0.1, 0.15) is 29.5 Å². The maximum atomic E-state index is 14.6. The lowest BCUT2D eigenvalue weighted by Crippen LogP contribution is -2.19. The van der Waals surface area contributed by atoms with E-state index in [0.29, 0.717) is 11.1 Å². The molecule has 0 aliphatic heterocycles. The smallest absolute Gasteiger partial charge is 0.231 e. The molecule has 3 aromatic rings. The number of carbonyl (C=O) groups excluding carboxylic acids is 1. The molecule has 0 saturated carbocycles. The second-order valence-corrected chi connectivity index (χ2v) is 6.63. The van der Waals surface area contributed by atoms with Crippen molar-refractivity contribution < 1.29 is 9.18 Å². The summed E-state index contributed by atoms with van der Waals surface area (Å²) in [6.45, 7) is 5.76. The Hall–Kier alpha value is -2.94. The van der Waals surface area contributed by atoms with Crippen LogP contribution in [0.5, 0.6) is 0 Å².